The lowest BCUT2D eigenvalue weighted by molar-refractivity contribution is -0.129. The zero-order valence-corrected chi connectivity index (χ0v) is 13.3. The molecular weight excluding hydrogens is 310 g/mol. The van der Waals surface area contributed by atoms with Crippen LogP contribution < -0.4 is 0 Å². The number of rotatable bonds is 5. The Bertz CT molecular complexity index is 683. The van der Waals surface area contributed by atoms with Crippen molar-refractivity contribution in [3.8, 4) is 0 Å². The first-order valence-corrected chi connectivity index (χ1v) is 8.06. The molecule has 1 atom stereocenters. The van der Waals surface area contributed by atoms with E-state index >= 15 is 0 Å². The van der Waals surface area contributed by atoms with Gasteiger partial charge in [-0.1, -0.05) is 6.07 Å². The van der Waals surface area contributed by atoms with Crippen LogP contribution in [0.1, 0.15) is 22.6 Å². The highest BCUT2D eigenvalue weighted by atomic mass is 16.5. The van der Waals surface area contributed by atoms with E-state index in [1.165, 1.54) is 12.7 Å². The molecule has 0 unspecified atom stereocenters. The summed E-state index contributed by atoms with van der Waals surface area (Å²) in [5, 5.41) is 0. The van der Waals surface area contributed by atoms with Gasteiger partial charge in [-0.25, -0.2) is 4.98 Å². The number of oxazole rings is 1. The van der Waals surface area contributed by atoms with Crippen LogP contribution in [0.25, 0.3) is 0 Å². The molecule has 0 radical (unpaired) electrons. The Morgan fingerprint density at radius 1 is 1.38 bits per heavy atom. The van der Waals surface area contributed by atoms with E-state index in [1.807, 2.05) is 18.2 Å². The second-order valence-corrected chi connectivity index (χ2v) is 6.27. The summed E-state index contributed by atoms with van der Waals surface area (Å²) in [5.74, 6) is 0.181. The van der Waals surface area contributed by atoms with Gasteiger partial charge in [-0.3, -0.25) is 9.78 Å². The van der Waals surface area contributed by atoms with E-state index < -0.39 is 0 Å². The first kappa shape index (κ1) is 15.3. The summed E-state index contributed by atoms with van der Waals surface area (Å²) in [6, 6.07) is 5.78. The molecule has 2 aromatic rings. The zero-order valence-electron chi connectivity index (χ0n) is 13.3. The third kappa shape index (κ3) is 2.81. The number of hydrogen-bond donors (Lipinski definition) is 0. The second kappa shape index (κ2) is 6.33. The molecule has 0 aromatic carbocycles. The molecule has 1 spiro atoms. The smallest absolute Gasteiger partial charge is 0.276 e. The van der Waals surface area contributed by atoms with Gasteiger partial charge in [0.2, 0.25) is 0 Å². The van der Waals surface area contributed by atoms with Crippen molar-refractivity contribution < 1.29 is 18.7 Å². The number of hydrogen-bond acceptors (Lipinski definition) is 6. The van der Waals surface area contributed by atoms with Crippen LogP contribution in [-0.2, 0) is 16.1 Å². The molecule has 4 rings (SSSR count). The molecule has 24 heavy (non-hydrogen) atoms. The Labute approximate surface area is 139 Å². The van der Waals surface area contributed by atoms with Crippen LogP contribution in [0.15, 0.2) is 41.5 Å². The summed E-state index contributed by atoms with van der Waals surface area (Å²) in [6.45, 7) is 2.98. The number of carbonyl (C=O) groups excluding carboxylic acids is 1. The molecule has 0 aliphatic carbocycles. The van der Waals surface area contributed by atoms with Gasteiger partial charge in [-0.05, 0) is 18.6 Å². The van der Waals surface area contributed by atoms with Gasteiger partial charge in [0, 0.05) is 18.7 Å². The Morgan fingerprint density at radius 3 is 3.04 bits per heavy atom. The maximum atomic E-state index is 12.2. The van der Waals surface area contributed by atoms with Crippen LogP contribution in [0, 0.1) is 5.92 Å². The standard InChI is InChI=1S/C17H19N3O4/c21-16(15-9-23-12-19-15)20-10-17(11-20)13(4-6-24-17)7-22-8-14-3-1-2-5-18-14/h1-3,5,9,12-13H,4,6-8,10-11H2/t13-/m1/s1. The van der Waals surface area contributed by atoms with Crippen molar-refractivity contribution >= 4 is 5.91 Å². The maximum Gasteiger partial charge on any atom is 0.276 e. The number of amides is 1. The summed E-state index contributed by atoms with van der Waals surface area (Å²) in [6.07, 6.45) is 5.35. The number of pyridine rings is 1. The topological polar surface area (TPSA) is 77.7 Å². The molecule has 4 heterocycles. The quantitative estimate of drug-likeness (QED) is 0.827. The fourth-order valence-corrected chi connectivity index (χ4v) is 3.38. The molecule has 2 fully saturated rings. The monoisotopic (exact) mass is 329 g/mol. The Balaban J connectivity index is 1.30. The first-order chi connectivity index (χ1) is 11.8. The molecule has 126 valence electrons. The van der Waals surface area contributed by atoms with Gasteiger partial charge in [0.05, 0.1) is 32.0 Å². The number of likely N-dealkylation sites (tertiary alicyclic amines) is 1. The molecular formula is C17H19N3O4. The van der Waals surface area contributed by atoms with Crippen LogP contribution in [0.4, 0.5) is 0 Å². The van der Waals surface area contributed by atoms with Crippen LogP contribution in [0.2, 0.25) is 0 Å². The van der Waals surface area contributed by atoms with E-state index in [-0.39, 0.29) is 11.5 Å². The van der Waals surface area contributed by atoms with E-state index in [1.54, 1.807) is 11.1 Å². The zero-order chi connectivity index (χ0) is 16.4. The van der Waals surface area contributed by atoms with Crippen molar-refractivity contribution in [2.24, 2.45) is 5.92 Å². The predicted molar refractivity (Wildman–Crippen MR) is 83.1 cm³/mol. The highest BCUT2D eigenvalue weighted by Gasteiger charge is 2.54. The van der Waals surface area contributed by atoms with Crippen LogP contribution in [-0.4, -0.2) is 52.7 Å². The normalized spacial score (nSPS) is 21.8. The number of nitrogens with zero attached hydrogens (tertiary/aromatic N) is 3. The van der Waals surface area contributed by atoms with Crippen LogP contribution in [0.5, 0.6) is 0 Å². The Hall–Kier alpha value is -2.25. The van der Waals surface area contributed by atoms with Gasteiger partial charge in [0.25, 0.3) is 5.91 Å². The molecule has 2 aromatic heterocycles. The third-order valence-corrected chi connectivity index (χ3v) is 4.75. The second-order valence-electron chi connectivity index (χ2n) is 6.27. The van der Waals surface area contributed by atoms with Crippen molar-refractivity contribution in [3.05, 3.63) is 48.4 Å². The van der Waals surface area contributed by atoms with E-state index in [0.29, 0.717) is 44.5 Å². The van der Waals surface area contributed by atoms with Gasteiger partial charge < -0.3 is 18.8 Å². The van der Waals surface area contributed by atoms with Gasteiger partial charge in [0.1, 0.15) is 11.9 Å². The molecule has 2 saturated heterocycles. The molecule has 0 saturated carbocycles. The van der Waals surface area contributed by atoms with E-state index in [2.05, 4.69) is 9.97 Å². The van der Waals surface area contributed by atoms with Gasteiger partial charge in [0.15, 0.2) is 12.1 Å². The Kier molecular flexibility index (Phi) is 4.03. The average Bonchev–Trinajstić information content (AvgIpc) is 3.24. The minimum Gasteiger partial charge on any atom is -0.451 e. The highest BCUT2D eigenvalue weighted by Crippen LogP contribution is 2.40. The van der Waals surface area contributed by atoms with Crippen molar-refractivity contribution in [2.75, 3.05) is 26.3 Å². The SMILES string of the molecule is O=C(c1cocn1)N1CC2(C1)OCC[C@@H]2COCc1ccccn1. The van der Waals surface area contributed by atoms with Crippen LogP contribution in [0.3, 0.4) is 0 Å². The molecule has 7 heteroatoms. The largest absolute Gasteiger partial charge is 0.451 e. The predicted octanol–water partition coefficient (Wildman–Crippen LogP) is 1.52. The van der Waals surface area contributed by atoms with Crippen LogP contribution >= 0.6 is 0 Å². The van der Waals surface area contributed by atoms with Crippen molar-refractivity contribution in [2.45, 2.75) is 18.6 Å². The lowest BCUT2D eigenvalue weighted by atomic mass is 9.81. The number of ether oxygens (including phenoxy) is 2. The molecule has 1 amide bonds. The Morgan fingerprint density at radius 2 is 2.29 bits per heavy atom. The average molecular weight is 329 g/mol. The van der Waals surface area contributed by atoms with E-state index in [4.69, 9.17) is 13.9 Å². The fraction of sp³-hybridized carbons (Fsp3) is 0.471. The summed E-state index contributed by atoms with van der Waals surface area (Å²) in [5.41, 5.74) is 0.983. The number of aromatic nitrogens is 2. The molecule has 2 aliphatic heterocycles. The minimum atomic E-state index is -0.274. The minimum absolute atomic E-state index is 0.113. The van der Waals surface area contributed by atoms with E-state index in [9.17, 15) is 4.79 Å². The van der Waals surface area contributed by atoms with Crippen molar-refractivity contribution in [1.29, 1.82) is 0 Å². The van der Waals surface area contributed by atoms with Crippen molar-refractivity contribution in [1.82, 2.24) is 14.9 Å². The lowest BCUT2D eigenvalue weighted by Crippen LogP contribution is -2.66. The summed E-state index contributed by atoms with van der Waals surface area (Å²) >= 11 is 0. The molecule has 0 bridgehead atoms. The highest BCUT2D eigenvalue weighted by molar-refractivity contribution is 5.92. The fourth-order valence-electron chi connectivity index (χ4n) is 3.38. The molecule has 2 aliphatic rings. The number of carbonyl (C=O) groups is 1. The molecule has 7 nitrogen and oxygen atoms in total. The first-order valence-electron chi connectivity index (χ1n) is 8.06. The van der Waals surface area contributed by atoms with Gasteiger partial charge in [-0.15, -0.1) is 0 Å². The summed E-state index contributed by atoms with van der Waals surface area (Å²) < 4.78 is 16.7. The van der Waals surface area contributed by atoms with Gasteiger partial charge >= 0.3 is 0 Å². The van der Waals surface area contributed by atoms with Crippen molar-refractivity contribution in [3.63, 3.8) is 0 Å². The third-order valence-electron chi connectivity index (χ3n) is 4.75. The maximum absolute atomic E-state index is 12.2. The van der Waals surface area contributed by atoms with E-state index in [0.717, 1.165) is 12.1 Å². The lowest BCUT2D eigenvalue weighted by Gasteiger charge is -2.49. The molecule has 0 N–H and O–H groups in total. The summed E-state index contributed by atoms with van der Waals surface area (Å²) in [4.78, 5) is 22.1. The summed E-state index contributed by atoms with van der Waals surface area (Å²) in [7, 11) is 0. The van der Waals surface area contributed by atoms with Gasteiger partial charge in [-0.2, -0.15) is 0 Å².